The molecule has 0 saturated carbocycles. The Morgan fingerprint density at radius 2 is 1.59 bits per heavy atom. The molecule has 0 fully saturated rings. The number of aromatic nitrogens is 2. The van der Waals surface area contributed by atoms with Gasteiger partial charge in [0, 0.05) is 6.20 Å². The largest absolute Gasteiger partial charge is 0.325 e. The van der Waals surface area contributed by atoms with E-state index in [1.807, 2.05) is 4.98 Å². The van der Waals surface area contributed by atoms with Crippen molar-refractivity contribution in [3.63, 3.8) is 0 Å². The van der Waals surface area contributed by atoms with E-state index in [1.165, 1.54) is 12.1 Å². The third-order valence-corrected chi connectivity index (χ3v) is 3.72. The molecule has 9 heteroatoms. The molecule has 1 heterocycles. The molecular formula is C18H15N5O4. The normalized spacial score (nSPS) is 10.3. The summed E-state index contributed by atoms with van der Waals surface area (Å²) >= 11 is 0. The SMILES string of the molecule is NN(C(=O)c1ccccc1NC(=O)c1c[nH]c(=O)[nH]c1=O)c1ccccc1. The van der Waals surface area contributed by atoms with Gasteiger partial charge in [0.2, 0.25) is 0 Å². The van der Waals surface area contributed by atoms with Gasteiger partial charge in [-0.3, -0.25) is 19.4 Å². The summed E-state index contributed by atoms with van der Waals surface area (Å²) in [5, 5.41) is 3.45. The Hall–Kier alpha value is -3.98. The second-order valence-electron chi connectivity index (χ2n) is 5.50. The van der Waals surface area contributed by atoms with Gasteiger partial charge in [-0.25, -0.2) is 15.6 Å². The van der Waals surface area contributed by atoms with E-state index in [2.05, 4.69) is 10.3 Å². The summed E-state index contributed by atoms with van der Waals surface area (Å²) in [6.07, 6.45) is 1.00. The number of nitrogens with one attached hydrogen (secondary N) is 3. The molecule has 0 bridgehead atoms. The van der Waals surface area contributed by atoms with Gasteiger partial charge in [0.05, 0.1) is 16.9 Å². The van der Waals surface area contributed by atoms with Crippen molar-refractivity contribution in [2.24, 2.45) is 5.84 Å². The van der Waals surface area contributed by atoms with Gasteiger partial charge in [-0.1, -0.05) is 30.3 Å². The minimum absolute atomic E-state index is 0.137. The van der Waals surface area contributed by atoms with Crippen molar-refractivity contribution in [2.45, 2.75) is 0 Å². The fraction of sp³-hybridized carbons (Fsp3) is 0. The second kappa shape index (κ2) is 7.50. The molecule has 0 spiro atoms. The third kappa shape index (κ3) is 3.83. The molecule has 3 aromatic rings. The van der Waals surface area contributed by atoms with Crippen molar-refractivity contribution in [2.75, 3.05) is 10.3 Å². The number of hydrazine groups is 1. The molecule has 0 aliphatic rings. The Morgan fingerprint density at radius 3 is 2.30 bits per heavy atom. The maximum atomic E-state index is 12.7. The first-order valence-corrected chi connectivity index (χ1v) is 7.84. The molecule has 0 atom stereocenters. The van der Waals surface area contributed by atoms with Gasteiger partial charge in [-0.15, -0.1) is 0 Å². The number of aromatic amines is 2. The number of amides is 2. The molecule has 5 N–H and O–H groups in total. The van der Waals surface area contributed by atoms with Gasteiger partial charge in [0.15, 0.2) is 0 Å². The first-order valence-electron chi connectivity index (χ1n) is 7.84. The summed E-state index contributed by atoms with van der Waals surface area (Å²) in [7, 11) is 0. The molecule has 0 radical (unpaired) electrons. The van der Waals surface area contributed by atoms with Crippen LogP contribution in [0.4, 0.5) is 11.4 Å². The van der Waals surface area contributed by atoms with E-state index < -0.39 is 23.1 Å². The van der Waals surface area contributed by atoms with E-state index in [0.29, 0.717) is 5.69 Å². The summed E-state index contributed by atoms with van der Waals surface area (Å²) in [4.78, 5) is 52.1. The molecule has 3 rings (SSSR count). The van der Waals surface area contributed by atoms with Crippen molar-refractivity contribution < 1.29 is 9.59 Å². The van der Waals surface area contributed by atoms with Gasteiger partial charge in [0.1, 0.15) is 5.56 Å². The maximum absolute atomic E-state index is 12.7. The van der Waals surface area contributed by atoms with E-state index in [1.54, 1.807) is 42.5 Å². The first kappa shape index (κ1) is 17.8. The van der Waals surface area contributed by atoms with Crippen molar-refractivity contribution in [3.05, 3.63) is 92.8 Å². The lowest BCUT2D eigenvalue weighted by Gasteiger charge is -2.18. The van der Waals surface area contributed by atoms with Gasteiger partial charge in [-0.2, -0.15) is 0 Å². The Bertz CT molecular complexity index is 1100. The molecule has 2 aromatic carbocycles. The average Bonchev–Trinajstić information content (AvgIpc) is 2.68. The number of H-pyrrole nitrogens is 2. The maximum Gasteiger partial charge on any atom is 0.325 e. The van der Waals surface area contributed by atoms with Crippen LogP contribution in [0.5, 0.6) is 0 Å². The van der Waals surface area contributed by atoms with Crippen molar-refractivity contribution in [1.29, 1.82) is 0 Å². The Labute approximate surface area is 152 Å². The van der Waals surface area contributed by atoms with Crippen LogP contribution in [0.1, 0.15) is 20.7 Å². The minimum Gasteiger partial charge on any atom is -0.321 e. The van der Waals surface area contributed by atoms with Crippen LogP contribution < -0.4 is 27.4 Å². The molecule has 0 unspecified atom stereocenters. The Kier molecular flexibility index (Phi) is 4.95. The molecule has 0 aliphatic heterocycles. The number of benzene rings is 2. The van der Waals surface area contributed by atoms with Crippen LogP contribution in [-0.2, 0) is 0 Å². The number of nitrogens with two attached hydrogens (primary N) is 1. The first-order chi connectivity index (χ1) is 13.0. The van der Waals surface area contributed by atoms with Crippen molar-refractivity contribution in [1.82, 2.24) is 9.97 Å². The lowest BCUT2D eigenvalue weighted by molar-refractivity contribution is 0.0987. The highest BCUT2D eigenvalue weighted by molar-refractivity contribution is 6.12. The highest BCUT2D eigenvalue weighted by Gasteiger charge is 2.20. The number of hydrogen-bond donors (Lipinski definition) is 4. The predicted molar refractivity (Wildman–Crippen MR) is 99.5 cm³/mol. The Morgan fingerprint density at radius 1 is 0.926 bits per heavy atom. The summed E-state index contributed by atoms with van der Waals surface area (Å²) in [5.74, 6) is 4.57. The second-order valence-corrected chi connectivity index (χ2v) is 5.50. The lowest BCUT2D eigenvalue weighted by Crippen LogP contribution is -2.38. The fourth-order valence-corrected chi connectivity index (χ4v) is 2.38. The fourth-order valence-electron chi connectivity index (χ4n) is 2.38. The lowest BCUT2D eigenvalue weighted by atomic mass is 10.1. The molecule has 27 heavy (non-hydrogen) atoms. The summed E-state index contributed by atoms with van der Waals surface area (Å²) in [6.45, 7) is 0. The number of carbonyl (C=O) groups excluding carboxylic acids is 2. The highest BCUT2D eigenvalue weighted by atomic mass is 16.2. The summed E-state index contributed by atoms with van der Waals surface area (Å²) < 4.78 is 0. The molecule has 1 aromatic heterocycles. The number of rotatable bonds is 4. The molecule has 9 nitrogen and oxygen atoms in total. The highest BCUT2D eigenvalue weighted by Crippen LogP contribution is 2.20. The van der Waals surface area contributed by atoms with Gasteiger partial charge in [-0.05, 0) is 24.3 Å². The van der Waals surface area contributed by atoms with E-state index >= 15 is 0 Å². The molecule has 0 aliphatic carbocycles. The molecule has 2 amide bonds. The summed E-state index contributed by atoms with van der Waals surface area (Å²) in [6, 6.07) is 14.8. The van der Waals surface area contributed by atoms with Crippen molar-refractivity contribution in [3.8, 4) is 0 Å². The number of hydrogen-bond acceptors (Lipinski definition) is 5. The molecular weight excluding hydrogens is 350 g/mol. The van der Waals surface area contributed by atoms with Gasteiger partial charge in [0.25, 0.3) is 17.4 Å². The van der Waals surface area contributed by atoms with E-state index in [0.717, 1.165) is 11.2 Å². The third-order valence-electron chi connectivity index (χ3n) is 3.72. The van der Waals surface area contributed by atoms with Gasteiger partial charge >= 0.3 is 5.69 Å². The molecule has 136 valence electrons. The van der Waals surface area contributed by atoms with E-state index in [9.17, 15) is 19.2 Å². The monoisotopic (exact) mass is 365 g/mol. The van der Waals surface area contributed by atoms with E-state index in [4.69, 9.17) is 5.84 Å². The van der Waals surface area contributed by atoms with Crippen LogP contribution in [0, 0.1) is 0 Å². The number of nitrogens with zero attached hydrogens (tertiary/aromatic N) is 1. The topological polar surface area (TPSA) is 141 Å². The predicted octanol–water partition coefficient (Wildman–Crippen LogP) is 0.836. The zero-order chi connectivity index (χ0) is 19.4. The van der Waals surface area contributed by atoms with E-state index in [-0.39, 0.29) is 16.8 Å². The summed E-state index contributed by atoms with van der Waals surface area (Å²) in [5.41, 5.74) is -1.09. The van der Waals surface area contributed by atoms with Crippen LogP contribution in [0.25, 0.3) is 0 Å². The van der Waals surface area contributed by atoms with Crippen LogP contribution in [0.15, 0.2) is 70.4 Å². The molecule has 0 saturated heterocycles. The number of carbonyl (C=O) groups is 2. The van der Waals surface area contributed by atoms with Crippen LogP contribution in [0.3, 0.4) is 0 Å². The number of para-hydroxylation sites is 2. The minimum atomic E-state index is -0.843. The van der Waals surface area contributed by atoms with Crippen molar-refractivity contribution >= 4 is 23.2 Å². The zero-order valence-corrected chi connectivity index (χ0v) is 13.9. The van der Waals surface area contributed by atoms with Crippen LogP contribution >= 0.6 is 0 Å². The Balaban J connectivity index is 1.90. The quantitative estimate of drug-likeness (QED) is 0.308. The van der Waals surface area contributed by atoms with Crippen LogP contribution in [-0.4, -0.2) is 21.8 Å². The van der Waals surface area contributed by atoms with Crippen LogP contribution in [0.2, 0.25) is 0 Å². The zero-order valence-electron chi connectivity index (χ0n) is 13.9. The standard InChI is InChI=1S/C18H15N5O4/c19-23(11-6-2-1-3-7-11)17(26)12-8-4-5-9-14(12)21-15(24)13-10-20-18(27)22-16(13)25/h1-10H,19H2,(H,21,24)(H2,20,22,25,27). The average molecular weight is 365 g/mol. The smallest absolute Gasteiger partial charge is 0.321 e. The van der Waals surface area contributed by atoms with Gasteiger partial charge < -0.3 is 10.3 Å². The number of anilines is 2.